The Bertz CT molecular complexity index is 958. The minimum absolute atomic E-state index is 0.164. The van der Waals surface area contributed by atoms with Gasteiger partial charge in [-0.25, -0.2) is 8.42 Å². The molecule has 0 atom stereocenters. The molecule has 0 saturated carbocycles. The highest BCUT2D eigenvalue weighted by Crippen LogP contribution is 2.28. The highest BCUT2D eigenvalue weighted by atomic mass is 79.9. The van der Waals surface area contributed by atoms with Gasteiger partial charge in [-0.15, -0.1) is 0 Å². The zero-order valence-electron chi connectivity index (χ0n) is 16.4. The lowest BCUT2D eigenvalue weighted by molar-refractivity contribution is -0.131. The van der Waals surface area contributed by atoms with Crippen molar-refractivity contribution in [2.45, 2.75) is 4.90 Å². The fraction of sp³-hybridized carbons (Fsp3) is 0.350. The molecule has 0 aliphatic carbocycles. The number of methoxy groups -OCH3 is 1. The number of rotatable bonds is 6. The fourth-order valence-corrected chi connectivity index (χ4v) is 4.63. The average Bonchev–Trinajstić information content (AvgIpc) is 2.74. The van der Waals surface area contributed by atoms with Crippen LogP contribution < -0.4 is 9.64 Å². The summed E-state index contributed by atoms with van der Waals surface area (Å²) in [5, 5.41) is 0. The van der Waals surface area contributed by atoms with Crippen LogP contribution in [0.1, 0.15) is 0 Å². The summed E-state index contributed by atoms with van der Waals surface area (Å²) in [4.78, 5) is 16.7. The van der Waals surface area contributed by atoms with Gasteiger partial charge in [-0.2, -0.15) is 4.31 Å². The summed E-state index contributed by atoms with van der Waals surface area (Å²) in [6, 6.07) is 14.2. The van der Waals surface area contributed by atoms with Crippen molar-refractivity contribution in [3.05, 3.63) is 53.0 Å². The van der Waals surface area contributed by atoms with E-state index in [1.807, 2.05) is 24.3 Å². The third-order valence-corrected chi connectivity index (χ3v) is 7.28. The molecule has 0 bridgehead atoms. The number of halogens is 1. The third-order valence-electron chi connectivity index (χ3n) is 4.94. The van der Waals surface area contributed by atoms with E-state index in [1.165, 1.54) is 19.2 Å². The Kier molecular flexibility index (Phi) is 6.81. The van der Waals surface area contributed by atoms with E-state index in [1.54, 1.807) is 24.1 Å². The van der Waals surface area contributed by atoms with E-state index in [2.05, 4.69) is 20.8 Å². The minimum atomic E-state index is -3.71. The normalized spacial score (nSPS) is 14.9. The zero-order chi connectivity index (χ0) is 21.0. The second kappa shape index (κ2) is 9.15. The molecule has 0 N–H and O–H groups in total. The summed E-state index contributed by atoms with van der Waals surface area (Å²) in [6.45, 7) is 2.20. The first-order chi connectivity index (χ1) is 13.8. The maximum absolute atomic E-state index is 12.7. The van der Waals surface area contributed by atoms with Crippen molar-refractivity contribution in [3.63, 3.8) is 0 Å². The number of piperazine rings is 1. The van der Waals surface area contributed by atoms with Crippen LogP contribution >= 0.6 is 15.9 Å². The van der Waals surface area contributed by atoms with E-state index in [0.29, 0.717) is 26.2 Å². The maximum Gasteiger partial charge on any atom is 0.243 e. The average molecular weight is 482 g/mol. The summed E-state index contributed by atoms with van der Waals surface area (Å²) >= 11 is 3.29. The quantitative estimate of drug-likeness (QED) is 0.633. The summed E-state index contributed by atoms with van der Waals surface area (Å²) < 4.78 is 32.7. The molecule has 0 aromatic heterocycles. The van der Waals surface area contributed by atoms with Crippen LogP contribution in [0.3, 0.4) is 0 Å². The number of carbonyl (C=O) groups excluding carboxylic acids is 1. The third kappa shape index (κ3) is 4.91. The number of nitrogens with zero attached hydrogens (tertiary/aromatic N) is 3. The topological polar surface area (TPSA) is 70.2 Å². The number of likely N-dealkylation sites (N-methyl/N-ethyl adjacent to an activating group) is 1. The minimum Gasteiger partial charge on any atom is -0.495 e. The molecule has 2 aromatic carbocycles. The van der Waals surface area contributed by atoms with Gasteiger partial charge in [0.05, 0.1) is 24.2 Å². The molecule has 1 heterocycles. The molecule has 0 radical (unpaired) electrons. The van der Waals surface area contributed by atoms with Crippen molar-refractivity contribution in [3.8, 4) is 5.75 Å². The van der Waals surface area contributed by atoms with Crippen molar-refractivity contribution in [2.75, 3.05) is 51.8 Å². The van der Waals surface area contributed by atoms with Crippen molar-refractivity contribution in [2.24, 2.45) is 0 Å². The van der Waals surface area contributed by atoms with E-state index in [-0.39, 0.29) is 17.3 Å². The Balaban J connectivity index is 1.60. The monoisotopic (exact) mass is 481 g/mol. The number of benzene rings is 2. The standard InChI is InChI=1S/C20H24BrN3O4S/c1-22(29(26,27)17-9-7-16(21)8-10-17)15-20(25)24-13-11-23(12-14-24)18-5-3-4-6-19(18)28-2/h3-10H,11-15H2,1-2H3. The first kappa shape index (κ1) is 21.6. The lowest BCUT2D eigenvalue weighted by Crippen LogP contribution is -2.51. The Hall–Kier alpha value is -2.10. The highest BCUT2D eigenvalue weighted by molar-refractivity contribution is 9.10. The first-order valence-corrected chi connectivity index (χ1v) is 11.4. The van der Waals surface area contributed by atoms with Gasteiger partial charge in [-0.05, 0) is 36.4 Å². The smallest absolute Gasteiger partial charge is 0.243 e. The van der Waals surface area contributed by atoms with Crippen molar-refractivity contribution in [1.29, 1.82) is 0 Å². The highest BCUT2D eigenvalue weighted by Gasteiger charge is 2.27. The van der Waals surface area contributed by atoms with Crippen LogP contribution in [0.2, 0.25) is 0 Å². The Morgan fingerprint density at radius 2 is 1.69 bits per heavy atom. The first-order valence-electron chi connectivity index (χ1n) is 9.20. The number of anilines is 1. The summed E-state index contributed by atoms with van der Waals surface area (Å²) in [6.07, 6.45) is 0. The number of sulfonamides is 1. The molecule has 1 aliphatic rings. The largest absolute Gasteiger partial charge is 0.495 e. The van der Waals surface area contributed by atoms with Crippen molar-refractivity contribution in [1.82, 2.24) is 9.21 Å². The second-order valence-electron chi connectivity index (χ2n) is 6.75. The van der Waals surface area contributed by atoms with Crippen LogP contribution in [0, 0.1) is 0 Å². The van der Waals surface area contributed by atoms with Gasteiger partial charge < -0.3 is 14.5 Å². The Morgan fingerprint density at radius 3 is 2.31 bits per heavy atom. The van der Waals surface area contributed by atoms with Crippen LogP contribution in [0.15, 0.2) is 57.9 Å². The fourth-order valence-electron chi connectivity index (χ4n) is 3.25. The number of hydrogen-bond donors (Lipinski definition) is 0. The van der Waals surface area contributed by atoms with Crippen molar-refractivity contribution < 1.29 is 17.9 Å². The van der Waals surface area contributed by atoms with Crippen LogP contribution in [-0.4, -0.2) is 70.4 Å². The molecule has 9 heteroatoms. The van der Waals surface area contributed by atoms with Gasteiger partial charge in [0.25, 0.3) is 0 Å². The molecule has 0 spiro atoms. The van der Waals surface area contributed by atoms with Gasteiger partial charge >= 0.3 is 0 Å². The molecule has 1 fully saturated rings. The predicted octanol–water partition coefficient (Wildman–Crippen LogP) is 2.43. The lowest BCUT2D eigenvalue weighted by Gasteiger charge is -2.37. The number of ether oxygens (including phenoxy) is 1. The number of carbonyl (C=O) groups is 1. The predicted molar refractivity (Wildman–Crippen MR) is 116 cm³/mol. The number of amides is 1. The zero-order valence-corrected chi connectivity index (χ0v) is 18.8. The molecule has 7 nitrogen and oxygen atoms in total. The molecular weight excluding hydrogens is 458 g/mol. The van der Waals surface area contributed by atoms with E-state index in [4.69, 9.17) is 4.74 Å². The van der Waals surface area contributed by atoms with Gasteiger partial charge in [0, 0.05) is 37.7 Å². The van der Waals surface area contributed by atoms with Gasteiger partial charge in [-0.3, -0.25) is 4.79 Å². The molecule has 0 unspecified atom stereocenters. The van der Waals surface area contributed by atoms with E-state index in [9.17, 15) is 13.2 Å². The molecule has 1 saturated heterocycles. The van der Waals surface area contributed by atoms with Crippen LogP contribution in [0.25, 0.3) is 0 Å². The Morgan fingerprint density at radius 1 is 1.07 bits per heavy atom. The molecule has 3 rings (SSSR count). The van der Waals surface area contributed by atoms with Gasteiger partial charge in [-0.1, -0.05) is 28.1 Å². The molecule has 2 aromatic rings. The van der Waals surface area contributed by atoms with E-state index < -0.39 is 10.0 Å². The maximum atomic E-state index is 12.7. The molecule has 29 heavy (non-hydrogen) atoms. The number of hydrogen-bond acceptors (Lipinski definition) is 5. The van der Waals surface area contributed by atoms with Crippen LogP contribution in [-0.2, 0) is 14.8 Å². The summed E-state index contributed by atoms with van der Waals surface area (Å²) in [5.74, 6) is 0.598. The van der Waals surface area contributed by atoms with Gasteiger partial charge in [0.1, 0.15) is 5.75 Å². The van der Waals surface area contributed by atoms with E-state index >= 15 is 0 Å². The van der Waals surface area contributed by atoms with Gasteiger partial charge in [0.15, 0.2) is 0 Å². The molecule has 1 amide bonds. The summed E-state index contributed by atoms with van der Waals surface area (Å²) in [7, 11) is -0.644. The van der Waals surface area contributed by atoms with Crippen molar-refractivity contribution >= 4 is 37.5 Å². The van der Waals surface area contributed by atoms with Crippen LogP contribution in [0.4, 0.5) is 5.69 Å². The van der Waals surface area contributed by atoms with E-state index in [0.717, 1.165) is 20.2 Å². The molecule has 1 aliphatic heterocycles. The van der Waals surface area contributed by atoms with Gasteiger partial charge in [0.2, 0.25) is 15.9 Å². The second-order valence-corrected chi connectivity index (χ2v) is 9.72. The molecule has 156 valence electrons. The lowest BCUT2D eigenvalue weighted by atomic mass is 10.2. The SMILES string of the molecule is COc1ccccc1N1CCN(C(=O)CN(C)S(=O)(=O)c2ccc(Br)cc2)CC1. The summed E-state index contributed by atoms with van der Waals surface area (Å²) in [5.41, 5.74) is 0.997. The van der Waals surface area contributed by atoms with Crippen LogP contribution in [0.5, 0.6) is 5.75 Å². The molecular formula is C20H24BrN3O4S. The number of para-hydroxylation sites is 2. The Labute approximate surface area is 180 Å².